The van der Waals surface area contributed by atoms with Crippen LogP contribution in [0.1, 0.15) is 31.3 Å². The van der Waals surface area contributed by atoms with Gasteiger partial charge >= 0.3 is 12.1 Å². The molecule has 1 amide bonds. The van der Waals surface area contributed by atoms with Crippen LogP contribution in [-0.2, 0) is 4.74 Å². The number of nitrogens with zero attached hydrogens (tertiary/aromatic N) is 1. The second kappa shape index (κ2) is 5.40. The molecule has 0 atom stereocenters. The van der Waals surface area contributed by atoms with Crippen LogP contribution >= 0.6 is 0 Å². The smallest absolute Gasteiger partial charge is 0.412 e. The van der Waals surface area contributed by atoms with Gasteiger partial charge in [-0.15, -0.1) is 0 Å². The minimum absolute atomic E-state index is 0.0173. The summed E-state index contributed by atoms with van der Waals surface area (Å²) in [4.78, 5) is 26.6. The molecule has 110 valence electrons. The first-order chi connectivity index (χ1) is 9.76. The Balaban J connectivity index is 2.28. The first kappa shape index (κ1) is 14.8. The van der Waals surface area contributed by atoms with Gasteiger partial charge in [-0.2, -0.15) is 0 Å². The van der Waals surface area contributed by atoms with Gasteiger partial charge in [-0.3, -0.25) is 5.32 Å². The van der Waals surface area contributed by atoms with Crippen molar-refractivity contribution in [2.24, 2.45) is 0 Å². The number of nitrogens with one attached hydrogen (secondary N) is 1. The van der Waals surface area contributed by atoms with Gasteiger partial charge in [-0.25, -0.2) is 14.6 Å². The molecule has 0 spiro atoms. The molecule has 0 saturated carbocycles. The van der Waals surface area contributed by atoms with Crippen LogP contribution in [0.4, 0.5) is 10.5 Å². The second-order valence-electron chi connectivity index (χ2n) is 5.53. The topological polar surface area (TPSA) is 88.5 Å². The van der Waals surface area contributed by atoms with E-state index in [1.165, 1.54) is 6.20 Å². The van der Waals surface area contributed by atoms with E-state index in [1.54, 1.807) is 45.0 Å². The number of benzene rings is 1. The van der Waals surface area contributed by atoms with Gasteiger partial charge in [0, 0.05) is 17.3 Å². The maximum Gasteiger partial charge on any atom is 0.412 e. The molecule has 0 radical (unpaired) electrons. The molecule has 1 heterocycles. The van der Waals surface area contributed by atoms with E-state index >= 15 is 0 Å². The Labute approximate surface area is 121 Å². The minimum Gasteiger partial charge on any atom is -0.476 e. The Morgan fingerprint density at radius 3 is 2.57 bits per heavy atom. The fourth-order valence-electron chi connectivity index (χ4n) is 1.85. The van der Waals surface area contributed by atoms with Gasteiger partial charge in [0.15, 0.2) is 5.69 Å². The van der Waals surface area contributed by atoms with E-state index in [4.69, 9.17) is 9.84 Å². The zero-order valence-electron chi connectivity index (χ0n) is 12.0. The summed E-state index contributed by atoms with van der Waals surface area (Å²) in [5, 5.41) is 12.9. The molecule has 0 unspecified atom stereocenters. The summed E-state index contributed by atoms with van der Waals surface area (Å²) in [5.74, 6) is -1.09. The SMILES string of the molecule is CC(C)(C)OC(=O)Nc1ccc2c(C(=O)O)nccc2c1. The lowest BCUT2D eigenvalue weighted by atomic mass is 10.1. The molecule has 0 fully saturated rings. The van der Waals surface area contributed by atoms with Crippen LogP contribution in [0.25, 0.3) is 10.8 Å². The van der Waals surface area contributed by atoms with Gasteiger partial charge in [-0.1, -0.05) is 0 Å². The Morgan fingerprint density at radius 2 is 1.95 bits per heavy atom. The summed E-state index contributed by atoms with van der Waals surface area (Å²) < 4.78 is 5.16. The summed E-state index contributed by atoms with van der Waals surface area (Å²) in [6.07, 6.45) is 0.859. The Kier molecular flexibility index (Phi) is 3.80. The standard InChI is InChI=1S/C15H16N2O4/c1-15(2,3)21-14(20)17-10-4-5-11-9(8-10)6-7-16-12(11)13(18)19/h4-8H,1-3H3,(H,17,20)(H,18,19). The third-order valence-electron chi connectivity index (χ3n) is 2.61. The molecule has 0 saturated heterocycles. The van der Waals surface area contributed by atoms with Gasteiger partial charge in [0.2, 0.25) is 0 Å². The van der Waals surface area contributed by atoms with Crippen molar-refractivity contribution in [3.63, 3.8) is 0 Å². The van der Waals surface area contributed by atoms with E-state index in [9.17, 15) is 9.59 Å². The molecular formula is C15H16N2O4. The summed E-state index contributed by atoms with van der Waals surface area (Å²) >= 11 is 0. The molecule has 0 aliphatic rings. The first-order valence-electron chi connectivity index (χ1n) is 6.38. The fraction of sp³-hybridized carbons (Fsp3) is 0.267. The lowest BCUT2D eigenvalue weighted by Gasteiger charge is -2.19. The van der Waals surface area contributed by atoms with Crippen molar-refractivity contribution < 1.29 is 19.4 Å². The number of rotatable bonds is 2. The summed E-state index contributed by atoms with van der Waals surface area (Å²) in [6.45, 7) is 5.33. The number of aromatic nitrogens is 1. The molecule has 2 rings (SSSR count). The third-order valence-corrected chi connectivity index (χ3v) is 2.61. The molecule has 21 heavy (non-hydrogen) atoms. The first-order valence-corrected chi connectivity index (χ1v) is 6.38. The molecule has 0 bridgehead atoms. The highest BCUT2D eigenvalue weighted by atomic mass is 16.6. The highest BCUT2D eigenvalue weighted by Crippen LogP contribution is 2.22. The Morgan fingerprint density at radius 1 is 1.24 bits per heavy atom. The van der Waals surface area contributed by atoms with E-state index in [-0.39, 0.29) is 5.69 Å². The number of carboxylic acids is 1. The molecule has 1 aromatic heterocycles. The monoisotopic (exact) mass is 288 g/mol. The van der Waals surface area contributed by atoms with Crippen molar-refractivity contribution in [3.05, 3.63) is 36.2 Å². The predicted molar refractivity (Wildman–Crippen MR) is 78.6 cm³/mol. The van der Waals surface area contributed by atoms with Crippen molar-refractivity contribution >= 4 is 28.5 Å². The minimum atomic E-state index is -1.09. The number of carbonyl (C=O) groups is 2. The number of pyridine rings is 1. The largest absolute Gasteiger partial charge is 0.476 e. The Bertz CT molecular complexity index is 704. The quantitative estimate of drug-likeness (QED) is 0.885. The molecule has 0 aliphatic heterocycles. The molecular weight excluding hydrogens is 272 g/mol. The number of carbonyl (C=O) groups excluding carboxylic acids is 1. The van der Waals surface area contributed by atoms with Gasteiger partial charge in [0.05, 0.1) is 0 Å². The van der Waals surface area contributed by atoms with Crippen molar-refractivity contribution in [1.82, 2.24) is 4.98 Å². The van der Waals surface area contributed by atoms with Crippen molar-refractivity contribution in [2.45, 2.75) is 26.4 Å². The zero-order valence-corrected chi connectivity index (χ0v) is 12.0. The van der Waals surface area contributed by atoms with E-state index in [0.717, 1.165) is 0 Å². The molecule has 6 heteroatoms. The number of anilines is 1. The van der Waals surface area contributed by atoms with Gasteiger partial charge in [-0.05, 0) is 50.4 Å². The number of hydrogen-bond acceptors (Lipinski definition) is 4. The van der Waals surface area contributed by atoms with Crippen LogP contribution in [0.3, 0.4) is 0 Å². The number of amides is 1. The van der Waals surface area contributed by atoms with Crippen LogP contribution in [-0.4, -0.2) is 27.8 Å². The zero-order chi connectivity index (χ0) is 15.6. The van der Waals surface area contributed by atoms with Gasteiger partial charge in [0.25, 0.3) is 0 Å². The second-order valence-corrected chi connectivity index (χ2v) is 5.53. The van der Waals surface area contributed by atoms with Gasteiger partial charge in [0.1, 0.15) is 5.60 Å². The molecule has 2 N–H and O–H groups in total. The number of ether oxygens (including phenoxy) is 1. The number of aromatic carboxylic acids is 1. The van der Waals surface area contributed by atoms with E-state index in [2.05, 4.69) is 10.3 Å². The van der Waals surface area contributed by atoms with Crippen molar-refractivity contribution in [1.29, 1.82) is 0 Å². The highest BCUT2D eigenvalue weighted by molar-refractivity contribution is 6.03. The molecule has 2 aromatic rings. The summed E-state index contributed by atoms with van der Waals surface area (Å²) in [7, 11) is 0. The van der Waals surface area contributed by atoms with E-state index < -0.39 is 17.7 Å². The van der Waals surface area contributed by atoms with Crippen LogP contribution in [0.15, 0.2) is 30.5 Å². The van der Waals surface area contributed by atoms with Crippen LogP contribution in [0.5, 0.6) is 0 Å². The maximum absolute atomic E-state index is 11.7. The lowest BCUT2D eigenvalue weighted by molar-refractivity contribution is 0.0634. The number of carboxylic acid groups (broad SMARTS) is 1. The Hall–Kier alpha value is -2.63. The average molecular weight is 288 g/mol. The molecule has 0 aliphatic carbocycles. The predicted octanol–water partition coefficient (Wildman–Crippen LogP) is 3.28. The maximum atomic E-state index is 11.7. The van der Waals surface area contributed by atoms with Crippen LogP contribution in [0.2, 0.25) is 0 Å². The van der Waals surface area contributed by atoms with Crippen LogP contribution in [0, 0.1) is 0 Å². The van der Waals surface area contributed by atoms with E-state index in [0.29, 0.717) is 16.5 Å². The normalized spacial score (nSPS) is 11.2. The fourth-order valence-corrected chi connectivity index (χ4v) is 1.85. The third kappa shape index (κ3) is 3.68. The summed E-state index contributed by atoms with van der Waals surface area (Å²) in [5.41, 5.74) is -0.0722. The number of hydrogen-bond donors (Lipinski definition) is 2. The number of fused-ring (bicyclic) bond motifs is 1. The van der Waals surface area contributed by atoms with Crippen LogP contribution < -0.4 is 5.32 Å². The van der Waals surface area contributed by atoms with E-state index in [1.807, 2.05) is 0 Å². The van der Waals surface area contributed by atoms with Crippen molar-refractivity contribution in [2.75, 3.05) is 5.32 Å². The average Bonchev–Trinajstić information content (AvgIpc) is 2.35. The lowest BCUT2D eigenvalue weighted by Crippen LogP contribution is -2.27. The van der Waals surface area contributed by atoms with Crippen molar-refractivity contribution in [3.8, 4) is 0 Å². The summed E-state index contributed by atoms with van der Waals surface area (Å²) in [6, 6.07) is 6.58. The highest BCUT2D eigenvalue weighted by Gasteiger charge is 2.16. The molecule has 6 nitrogen and oxygen atoms in total. The molecule has 1 aromatic carbocycles. The van der Waals surface area contributed by atoms with Gasteiger partial charge < -0.3 is 9.84 Å².